The van der Waals surface area contributed by atoms with Crippen molar-refractivity contribution in [3.8, 4) is 16.9 Å². The highest BCUT2D eigenvalue weighted by molar-refractivity contribution is 6.30. The number of aryl methyl sites for hydroxylation is 1. The number of benzene rings is 3. The normalized spacial score (nSPS) is 11.0. The quantitative estimate of drug-likeness (QED) is 0.315. The van der Waals surface area contributed by atoms with Crippen molar-refractivity contribution >= 4 is 28.6 Å². The number of carbonyl (C=O) groups excluding carboxylic acids is 1. The summed E-state index contributed by atoms with van der Waals surface area (Å²) in [6.07, 6.45) is 1.74. The SMILES string of the molecule is CCN(CC)C(=O)Oc1ccc2c(ccn2Cc2cccc(Cl)c2)c1-c1ccc(C)cc1. The van der Waals surface area contributed by atoms with Crippen LogP contribution in [0.4, 0.5) is 4.79 Å². The van der Waals surface area contributed by atoms with Gasteiger partial charge < -0.3 is 14.2 Å². The summed E-state index contributed by atoms with van der Waals surface area (Å²) in [6.45, 7) is 7.87. The fourth-order valence-corrected chi connectivity index (χ4v) is 4.18. The zero-order valence-corrected chi connectivity index (χ0v) is 19.4. The molecule has 0 bridgehead atoms. The van der Waals surface area contributed by atoms with Gasteiger partial charge in [0.2, 0.25) is 0 Å². The van der Waals surface area contributed by atoms with Gasteiger partial charge in [0, 0.05) is 47.3 Å². The molecule has 0 spiro atoms. The molecule has 1 amide bonds. The molecule has 1 aromatic heterocycles. The molecular formula is C27H27ClN2O2. The first kappa shape index (κ1) is 22.0. The zero-order chi connectivity index (χ0) is 22.7. The van der Waals surface area contributed by atoms with Crippen LogP contribution in [0.3, 0.4) is 0 Å². The van der Waals surface area contributed by atoms with E-state index in [1.165, 1.54) is 5.56 Å². The average Bonchev–Trinajstić information content (AvgIpc) is 3.18. The molecule has 5 heteroatoms. The second kappa shape index (κ2) is 9.49. The number of halogens is 1. The van der Waals surface area contributed by atoms with Gasteiger partial charge in [-0.05, 0) is 62.2 Å². The molecule has 0 aliphatic carbocycles. The van der Waals surface area contributed by atoms with Crippen LogP contribution < -0.4 is 4.74 Å². The first-order valence-corrected chi connectivity index (χ1v) is 11.3. The van der Waals surface area contributed by atoms with Crippen molar-refractivity contribution < 1.29 is 9.53 Å². The third-order valence-corrected chi connectivity index (χ3v) is 5.95. The van der Waals surface area contributed by atoms with Gasteiger partial charge in [0.25, 0.3) is 0 Å². The lowest BCUT2D eigenvalue weighted by atomic mass is 9.99. The van der Waals surface area contributed by atoms with E-state index in [1.54, 1.807) is 4.90 Å². The highest BCUT2D eigenvalue weighted by Gasteiger charge is 2.19. The van der Waals surface area contributed by atoms with Gasteiger partial charge in [-0.3, -0.25) is 0 Å². The van der Waals surface area contributed by atoms with E-state index in [4.69, 9.17) is 16.3 Å². The summed E-state index contributed by atoms with van der Waals surface area (Å²) in [5.41, 5.74) is 5.32. The minimum atomic E-state index is -0.332. The molecular weight excluding hydrogens is 420 g/mol. The first-order valence-electron chi connectivity index (χ1n) is 10.9. The molecule has 3 aromatic carbocycles. The number of fused-ring (bicyclic) bond motifs is 1. The zero-order valence-electron chi connectivity index (χ0n) is 18.6. The van der Waals surface area contributed by atoms with Crippen LogP contribution in [0.1, 0.15) is 25.0 Å². The van der Waals surface area contributed by atoms with Gasteiger partial charge in [0.1, 0.15) is 5.75 Å². The minimum Gasteiger partial charge on any atom is -0.410 e. The van der Waals surface area contributed by atoms with Crippen LogP contribution in [0.5, 0.6) is 5.75 Å². The Morgan fingerprint density at radius 3 is 2.44 bits per heavy atom. The van der Waals surface area contributed by atoms with Crippen LogP contribution in [-0.2, 0) is 6.54 Å². The molecule has 32 heavy (non-hydrogen) atoms. The van der Waals surface area contributed by atoms with E-state index in [0.717, 1.165) is 32.6 Å². The van der Waals surface area contributed by atoms with Crippen molar-refractivity contribution in [2.75, 3.05) is 13.1 Å². The Labute approximate surface area is 194 Å². The predicted octanol–water partition coefficient (Wildman–Crippen LogP) is 7.16. The number of carbonyl (C=O) groups is 1. The summed E-state index contributed by atoms with van der Waals surface area (Å²) >= 11 is 6.18. The summed E-state index contributed by atoms with van der Waals surface area (Å²) in [5.74, 6) is 0.568. The molecule has 0 saturated carbocycles. The second-order valence-electron chi connectivity index (χ2n) is 7.85. The molecule has 0 aliphatic heterocycles. The van der Waals surface area contributed by atoms with Gasteiger partial charge in [0.05, 0.1) is 0 Å². The van der Waals surface area contributed by atoms with E-state index in [9.17, 15) is 4.79 Å². The fraction of sp³-hybridized carbons (Fsp3) is 0.222. The summed E-state index contributed by atoms with van der Waals surface area (Å²) < 4.78 is 8.07. The fourth-order valence-electron chi connectivity index (χ4n) is 3.97. The third kappa shape index (κ3) is 4.51. The van der Waals surface area contributed by atoms with Crippen molar-refractivity contribution in [1.82, 2.24) is 9.47 Å². The maximum Gasteiger partial charge on any atom is 0.415 e. The molecule has 164 valence electrons. The molecule has 4 rings (SSSR count). The number of nitrogens with zero attached hydrogens (tertiary/aromatic N) is 2. The van der Waals surface area contributed by atoms with Gasteiger partial charge in [-0.15, -0.1) is 0 Å². The summed E-state index contributed by atoms with van der Waals surface area (Å²) in [5, 5.41) is 1.77. The van der Waals surface area contributed by atoms with Crippen LogP contribution in [0.25, 0.3) is 22.0 Å². The summed E-state index contributed by atoms with van der Waals surface area (Å²) in [6, 6.07) is 22.2. The standard InChI is InChI=1S/C27H27ClN2O2/c1-4-29(5-2)27(31)32-25-14-13-24-23(26(25)21-11-9-19(3)10-12-21)15-16-30(24)18-20-7-6-8-22(28)17-20/h6-17H,4-5,18H2,1-3H3. The van der Waals surface area contributed by atoms with E-state index >= 15 is 0 Å². The van der Waals surface area contributed by atoms with E-state index < -0.39 is 0 Å². The maximum atomic E-state index is 12.7. The van der Waals surface area contributed by atoms with Gasteiger partial charge in [-0.25, -0.2) is 4.79 Å². The highest BCUT2D eigenvalue weighted by Crippen LogP contribution is 2.38. The summed E-state index contributed by atoms with van der Waals surface area (Å²) in [7, 11) is 0. The van der Waals surface area contributed by atoms with Crippen molar-refractivity contribution in [3.05, 3.63) is 89.1 Å². The van der Waals surface area contributed by atoms with Crippen LogP contribution in [0, 0.1) is 6.92 Å². The first-order chi connectivity index (χ1) is 15.5. The Hall–Kier alpha value is -3.24. The Morgan fingerprint density at radius 1 is 1.00 bits per heavy atom. The number of rotatable bonds is 6. The Bertz CT molecular complexity index is 1240. The van der Waals surface area contributed by atoms with Crippen molar-refractivity contribution in [1.29, 1.82) is 0 Å². The lowest BCUT2D eigenvalue weighted by Gasteiger charge is -2.20. The smallest absolute Gasteiger partial charge is 0.410 e. The molecule has 0 N–H and O–H groups in total. The van der Waals surface area contributed by atoms with Gasteiger partial charge in [-0.2, -0.15) is 0 Å². The maximum absolute atomic E-state index is 12.7. The van der Waals surface area contributed by atoms with E-state index in [-0.39, 0.29) is 6.09 Å². The predicted molar refractivity (Wildman–Crippen MR) is 132 cm³/mol. The van der Waals surface area contributed by atoms with Crippen LogP contribution in [-0.4, -0.2) is 28.6 Å². The van der Waals surface area contributed by atoms with Crippen LogP contribution in [0.15, 0.2) is 72.9 Å². The molecule has 0 unspecified atom stereocenters. The molecule has 0 aliphatic rings. The Kier molecular flexibility index (Phi) is 6.52. The Morgan fingerprint density at radius 2 is 1.75 bits per heavy atom. The Balaban J connectivity index is 1.81. The van der Waals surface area contributed by atoms with Gasteiger partial charge in [-0.1, -0.05) is 53.6 Å². The van der Waals surface area contributed by atoms with Crippen LogP contribution >= 0.6 is 11.6 Å². The lowest BCUT2D eigenvalue weighted by molar-refractivity contribution is 0.157. The minimum absolute atomic E-state index is 0.332. The molecule has 0 saturated heterocycles. The monoisotopic (exact) mass is 446 g/mol. The number of ether oxygens (including phenoxy) is 1. The topological polar surface area (TPSA) is 34.5 Å². The van der Waals surface area contributed by atoms with Crippen molar-refractivity contribution in [3.63, 3.8) is 0 Å². The summed E-state index contributed by atoms with van der Waals surface area (Å²) in [4.78, 5) is 14.4. The number of hydrogen-bond acceptors (Lipinski definition) is 2. The van der Waals surface area contributed by atoms with E-state index in [2.05, 4.69) is 54.1 Å². The number of amides is 1. The number of hydrogen-bond donors (Lipinski definition) is 0. The third-order valence-electron chi connectivity index (χ3n) is 5.72. The molecule has 4 nitrogen and oxygen atoms in total. The lowest BCUT2D eigenvalue weighted by Crippen LogP contribution is -2.33. The van der Waals surface area contributed by atoms with E-state index in [1.807, 2.05) is 44.2 Å². The second-order valence-corrected chi connectivity index (χ2v) is 8.29. The molecule has 0 atom stereocenters. The van der Waals surface area contributed by atoms with E-state index in [0.29, 0.717) is 25.4 Å². The molecule has 1 heterocycles. The van der Waals surface area contributed by atoms with Crippen LogP contribution in [0.2, 0.25) is 5.02 Å². The average molecular weight is 447 g/mol. The van der Waals surface area contributed by atoms with Gasteiger partial charge >= 0.3 is 6.09 Å². The molecule has 0 radical (unpaired) electrons. The molecule has 0 fully saturated rings. The highest BCUT2D eigenvalue weighted by atomic mass is 35.5. The number of aromatic nitrogens is 1. The van der Waals surface area contributed by atoms with Crippen molar-refractivity contribution in [2.45, 2.75) is 27.3 Å². The van der Waals surface area contributed by atoms with Crippen molar-refractivity contribution in [2.24, 2.45) is 0 Å². The molecule has 4 aromatic rings. The van der Waals surface area contributed by atoms with Gasteiger partial charge in [0.15, 0.2) is 0 Å². The largest absolute Gasteiger partial charge is 0.415 e.